The van der Waals surface area contributed by atoms with Crippen LogP contribution in [0, 0.1) is 17.7 Å². The highest BCUT2D eigenvalue weighted by Gasteiger charge is 2.50. The molecule has 0 saturated carbocycles. The highest BCUT2D eigenvalue weighted by molar-refractivity contribution is 6.36. The number of alkyl halides is 1. The molecule has 6 aliphatic rings. The number of ether oxygens (including phenoxy) is 3. The van der Waals surface area contributed by atoms with Crippen molar-refractivity contribution in [3.63, 3.8) is 0 Å². The van der Waals surface area contributed by atoms with Crippen molar-refractivity contribution in [1.29, 1.82) is 0 Å². The summed E-state index contributed by atoms with van der Waals surface area (Å²) in [5.74, 6) is 5.68. The number of piperazine rings is 1. The molecule has 6 fully saturated rings. The number of amides is 1. The van der Waals surface area contributed by atoms with E-state index >= 15 is 4.39 Å². The number of methoxy groups -OCH3 is 1. The van der Waals surface area contributed by atoms with Gasteiger partial charge in [0.25, 0.3) is 5.91 Å². The minimum absolute atomic E-state index is 0.0364. The van der Waals surface area contributed by atoms with Crippen LogP contribution in [0.5, 0.6) is 6.01 Å². The highest BCUT2D eigenvalue weighted by Crippen LogP contribution is 2.39. The third-order valence-corrected chi connectivity index (χ3v) is 12.3. The number of likely N-dealkylation sites (tertiary alicyclic amines) is 1. The molecular weight excluding hydrogens is 728 g/mol. The molecule has 2 aromatic carbocycles. The van der Waals surface area contributed by atoms with Crippen molar-refractivity contribution in [2.45, 2.75) is 62.1 Å². The molecule has 1 amide bonds. The van der Waals surface area contributed by atoms with Gasteiger partial charge in [0.1, 0.15) is 28.7 Å². The van der Waals surface area contributed by atoms with Crippen molar-refractivity contribution in [2.75, 3.05) is 77.6 Å². The lowest BCUT2D eigenvalue weighted by Gasteiger charge is -2.54. The lowest BCUT2D eigenvalue weighted by Crippen LogP contribution is -2.72. The van der Waals surface area contributed by atoms with Gasteiger partial charge in [0.2, 0.25) is 0 Å². The van der Waals surface area contributed by atoms with Gasteiger partial charge in [-0.1, -0.05) is 47.9 Å². The van der Waals surface area contributed by atoms with Gasteiger partial charge < -0.3 is 24.0 Å². The monoisotopic (exact) mass is 771 g/mol. The van der Waals surface area contributed by atoms with E-state index in [2.05, 4.69) is 36.6 Å². The van der Waals surface area contributed by atoms with Crippen LogP contribution in [0.1, 0.15) is 32.1 Å². The van der Waals surface area contributed by atoms with Crippen molar-refractivity contribution in [2.24, 2.45) is 0 Å². The second-order valence-electron chi connectivity index (χ2n) is 15.5. The molecule has 4 unspecified atom stereocenters. The predicted octanol–water partition coefficient (Wildman–Crippen LogP) is 5.12. The fourth-order valence-electron chi connectivity index (χ4n) is 9.24. The SMILES string of the molecule is COc1nc(N2CCN(C(=O)C#CCN3CC4CCC(C3)O4)C3(COC3)C2)c2cnc(-c3cccc4cccc(Cl)c34)c(F)c2n1.FC1CC2CCCN2C1. The fourth-order valence-corrected chi connectivity index (χ4v) is 9.53. The zero-order valence-electron chi connectivity index (χ0n) is 30.9. The van der Waals surface area contributed by atoms with Gasteiger partial charge in [-0.3, -0.25) is 19.6 Å². The Morgan fingerprint density at radius 2 is 1.85 bits per heavy atom. The summed E-state index contributed by atoms with van der Waals surface area (Å²) in [7, 11) is 1.45. The van der Waals surface area contributed by atoms with Crippen LogP contribution >= 0.6 is 11.6 Å². The number of nitrogens with zero attached hydrogens (tertiary/aromatic N) is 7. The summed E-state index contributed by atoms with van der Waals surface area (Å²) < 4.78 is 46.0. The van der Waals surface area contributed by atoms with E-state index in [4.69, 9.17) is 25.8 Å². The number of pyridine rings is 1. The minimum atomic E-state index is -0.592. The Labute approximate surface area is 323 Å². The number of carbonyl (C=O) groups excluding carboxylic acids is 1. The standard InChI is InChI=1S/C34H32ClFN6O4.C7H12FN/c1-44-33-38-31-25(15-37-30(29(31)36)24-7-2-5-21-6-3-8-26(35)28(21)24)32(39-33)41-13-14-42(34(18-41)19-45-20-34)27(43)9-4-12-40-16-22-10-11-23(17-40)46-22;8-6-4-7-2-1-3-9(7)5-6/h2-3,5-8,15,22-23H,10-14,16-20H2,1H3;6-7H,1-5H2. The number of halogens is 3. The van der Waals surface area contributed by atoms with Gasteiger partial charge in [0.15, 0.2) is 5.82 Å². The van der Waals surface area contributed by atoms with Gasteiger partial charge in [0.05, 0.1) is 44.5 Å². The van der Waals surface area contributed by atoms with E-state index < -0.39 is 17.5 Å². The van der Waals surface area contributed by atoms with Gasteiger partial charge in [-0.05, 0) is 56.0 Å². The van der Waals surface area contributed by atoms with E-state index in [0.717, 1.165) is 44.3 Å². The average Bonchev–Trinajstić information content (AvgIpc) is 3.87. The maximum atomic E-state index is 16.4. The van der Waals surface area contributed by atoms with Gasteiger partial charge in [0, 0.05) is 67.5 Å². The highest BCUT2D eigenvalue weighted by atomic mass is 35.5. The zero-order chi connectivity index (χ0) is 37.7. The van der Waals surface area contributed by atoms with Crippen LogP contribution < -0.4 is 9.64 Å². The number of carbonyl (C=O) groups is 1. The number of rotatable bonds is 4. The first kappa shape index (κ1) is 36.4. The van der Waals surface area contributed by atoms with E-state index in [1.54, 1.807) is 18.3 Å². The average molecular weight is 772 g/mol. The normalized spacial score (nSPS) is 25.7. The molecule has 4 aromatic rings. The smallest absolute Gasteiger partial charge is 0.318 e. The Morgan fingerprint density at radius 1 is 1.05 bits per heavy atom. The molecule has 288 valence electrons. The second-order valence-corrected chi connectivity index (χ2v) is 15.9. The number of anilines is 1. The van der Waals surface area contributed by atoms with Crippen LogP contribution in [0.4, 0.5) is 14.6 Å². The molecule has 6 saturated heterocycles. The van der Waals surface area contributed by atoms with E-state index in [1.165, 1.54) is 20.0 Å². The Hall–Kier alpha value is -4.19. The molecule has 14 heteroatoms. The first-order valence-electron chi connectivity index (χ1n) is 19.3. The van der Waals surface area contributed by atoms with Crippen LogP contribution in [-0.4, -0.2) is 138 Å². The number of fused-ring (bicyclic) bond motifs is 5. The molecule has 8 heterocycles. The Morgan fingerprint density at radius 3 is 2.60 bits per heavy atom. The Balaban J connectivity index is 0.000000385. The fraction of sp³-hybridized carbons (Fsp3) is 0.512. The number of aromatic nitrogens is 3. The zero-order valence-corrected chi connectivity index (χ0v) is 31.6. The Kier molecular flexibility index (Phi) is 9.97. The number of hydrogen-bond acceptors (Lipinski definition) is 10. The lowest BCUT2D eigenvalue weighted by molar-refractivity contribution is -0.164. The molecule has 11 nitrogen and oxygen atoms in total. The number of hydrogen-bond donors (Lipinski definition) is 0. The summed E-state index contributed by atoms with van der Waals surface area (Å²) in [6.07, 6.45) is 7.16. The molecular formula is C41H44ClF2N7O4. The van der Waals surface area contributed by atoms with Crippen molar-refractivity contribution >= 4 is 45.0 Å². The molecule has 55 heavy (non-hydrogen) atoms. The van der Waals surface area contributed by atoms with Gasteiger partial charge in [-0.2, -0.15) is 9.97 Å². The summed E-state index contributed by atoms with van der Waals surface area (Å²) in [6, 6.07) is 11.8. The third-order valence-electron chi connectivity index (χ3n) is 11.9. The second kappa shape index (κ2) is 15.0. The quantitative estimate of drug-likeness (QED) is 0.260. The first-order valence-corrected chi connectivity index (χ1v) is 19.6. The summed E-state index contributed by atoms with van der Waals surface area (Å²) in [5.41, 5.74) is 0.232. The van der Waals surface area contributed by atoms with Gasteiger partial charge in [-0.15, -0.1) is 0 Å². The van der Waals surface area contributed by atoms with E-state index in [1.807, 2.05) is 34.1 Å². The Bertz CT molecular complexity index is 2150. The van der Waals surface area contributed by atoms with E-state index in [-0.39, 0.29) is 35.3 Å². The van der Waals surface area contributed by atoms with E-state index in [9.17, 15) is 9.18 Å². The van der Waals surface area contributed by atoms with Crippen LogP contribution in [0.2, 0.25) is 5.02 Å². The first-order chi connectivity index (χ1) is 26.8. The third kappa shape index (κ3) is 6.97. The topological polar surface area (TPSA) is 96.4 Å². The maximum absolute atomic E-state index is 16.4. The number of benzene rings is 2. The van der Waals surface area contributed by atoms with Crippen LogP contribution in [0.3, 0.4) is 0 Å². The predicted molar refractivity (Wildman–Crippen MR) is 205 cm³/mol. The summed E-state index contributed by atoms with van der Waals surface area (Å²) in [5, 5.41) is 2.55. The van der Waals surface area contributed by atoms with Crippen molar-refractivity contribution in [3.05, 3.63) is 53.4 Å². The molecule has 0 radical (unpaired) electrons. The molecule has 2 bridgehead atoms. The van der Waals surface area contributed by atoms with Gasteiger partial charge in [-0.25, -0.2) is 8.78 Å². The van der Waals surface area contributed by atoms with Crippen LogP contribution in [-0.2, 0) is 14.3 Å². The van der Waals surface area contributed by atoms with E-state index in [0.29, 0.717) is 79.2 Å². The summed E-state index contributed by atoms with van der Waals surface area (Å²) >= 11 is 6.56. The maximum Gasteiger partial charge on any atom is 0.318 e. The molecule has 6 aliphatic heterocycles. The van der Waals surface area contributed by atoms with Crippen molar-refractivity contribution in [1.82, 2.24) is 29.7 Å². The van der Waals surface area contributed by atoms with Crippen molar-refractivity contribution in [3.8, 4) is 29.1 Å². The summed E-state index contributed by atoms with van der Waals surface area (Å²) in [6.45, 7) is 6.18. The lowest BCUT2D eigenvalue weighted by atomic mass is 9.91. The minimum Gasteiger partial charge on any atom is -0.467 e. The van der Waals surface area contributed by atoms with Crippen molar-refractivity contribution < 1.29 is 27.8 Å². The molecule has 0 N–H and O–H groups in total. The van der Waals surface area contributed by atoms with Crippen LogP contribution in [0.15, 0.2) is 42.6 Å². The molecule has 2 aromatic heterocycles. The molecule has 0 aliphatic carbocycles. The summed E-state index contributed by atoms with van der Waals surface area (Å²) in [4.78, 5) is 35.4. The molecule has 4 atom stereocenters. The van der Waals surface area contributed by atoms with Gasteiger partial charge >= 0.3 is 6.01 Å². The molecule has 1 spiro atoms. The van der Waals surface area contributed by atoms with Crippen LogP contribution in [0.25, 0.3) is 32.9 Å². The number of morpholine rings is 1. The largest absolute Gasteiger partial charge is 0.467 e. The molecule has 10 rings (SSSR count).